The second kappa shape index (κ2) is 4.97. The highest BCUT2D eigenvalue weighted by molar-refractivity contribution is 5.35. The summed E-state index contributed by atoms with van der Waals surface area (Å²) in [7, 11) is 1.71. The average Bonchev–Trinajstić information content (AvgIpc) is 2.83. The van der Waals surface area contributed by atoms with Crippen LogP contribution in [0.5, 0.6) is 5.75 Å². The van der Waals surface area contributed by atoms with Crippen molar-refractivity contribution in [1.29, 1.82) is 0 Å². The second-order valence-electron chi connectivity index (χ2n) is 4.85. The second-order valence-corrected chi connectivity index (χ2v) is 4.85. The van der Waals surface area contributed by atoms with Crippen molar-refractivity contribution in [3.05, 3.63) is 35.7 Å². The number of aryl methyl sites for hydroxylation is 1. The highest BCUT2D eigenvalue weighted by Crippen LogP contribution is 2.28. The van der Waals surface area contributed by atoms with Crippen molar-refractivity contribution in [2.45, 2.75) is 18.9 Å². The number of rotatable bonds is 3. The molecular weight excluding hydrogens is 244 g/mol. The van der Waals surface area contributed by atoms with Crippen LogP contribution in [-0.4, -0.2) is 38.0 Å². The van der Waals surface area contributed by atoms with E-state index in [1.54, 1.807) is 7.05 Å². The van der Waals surface area contributed by atoms with Crippen LogP contribution in [0.4, 0.5) is 0 Å². The van der Waals surface area contributed by atoms with Crippen LogP contribution >= 0.6 is 0 Å². The minimum Gasteiger partial charge on any atom is -0.493 e. The smallest absolute Gasteiger partial charge is 0.177 e. The standard InChI is InChI=1S/C13H16N4O2/c1-17-15-13(14-16-17)7-11(18)10-6-9-4-2-3-5-12(9)19-8-10/h2-5,10-11,18H,6-8H2,1H3. The van der Waals surface area contributed by atoms with Gasteiger partial charge in [-0.1, -0.05) is 18.2 Å². The lowest BCUT2D eigenvalue weighted by atomic mass is 9.90. The van der Waals surface area contributed by atoms with Crippen LogP contribution in [-0.2, 0) is 19.9 Å². The van der Waals surface area contributed by atoms with Gasteiger partial charge in [0.2, 0.25) is 0 Å². The van der Waals surface area contributed by atoms with Crippen LogP contribution < -0.4 is 4.74 Å². The average molecular weight is 260 g/mol. The summed E-state index contributed by atoms with van der Waals surface area (Å²) < 4.78 is 5.68. The number of nitrogens with zero attached hydrogens (tertiary/aromatic N) is 4. The molecule has 19 heavy (non-hydrogen) atoms. The van der Waals surface area contributed by atoms with E-state index < -0.39 is 6.10 Å². The van der Waals surface area contributed by atoms with E-state index in [0.717, 1.165) is 17.7 Å². The zero-order valence-corrected chi connectivity index (χ0v) is 10.7. The van der Waals surface area contributed by atoms with Gasteiger partial charge in [0, 0.05) is 12.3 Å². The first-order valence-corrected chi connectivity index (χ1v) is 6.34. The Kier molecular flexibility index (Phi) is 3.16. The highest BCUT2D eigenvalue weighted by Gasteiger charge is 2.27. The molecule has 1 aliphatic rings. The van der Waals surface area contributed by atoms with Gasteiger partial charge in [-0.15, -0.1) is 10.2 Å². The van der Waals surface area contributed by atoms with Crippen molar-refractivity contribution in [2.75, 3.05) is 6.61 Å². The zero-order valence-electron chi connectivity index (χ0n) is 10.7. The maximum Gasteiger partial charge on any atom is 0.177 e. The highest BCUT2D eigenvalue weighted by atomic mass is 16.5. The van der Waals surface area contributed by atoms with Gasteiger partial charge in [-0.05, 0) is 23.3 Å². The molecule has 1 N–H and O–H groups in total. The molecule has 2 heterocycles. The van der Waals surface area contributed by atoms with E-state index in [-0.39, 0.29) is 5.92 Å². The molecule has 0 bridgehead atoms. The summed E-state index contributed by atoms with van der Waals surface area (Å²) in [6, 6.07) is 7.94. The lowest BCUT2D eigenvalue weighted by Gasteiger charge is -2.28. The van der Waals surface area contributed by atoms with E-state index in [4.69, 9.17) is 4.74 Å². The lowest BCUT2D eigenvalue weighted by molar-refractivity contribution is 0.0638. The van der Waals surface area contributed by atoms with Crippen molar-refractivity contribution in [3.8, 4) is 5.75 Å². The topological polar surface area (TPSA) is 73.1 Å². The first-order chi connectivity index (χ1) is 9.22. The van der Waals surface area contributed by atoms with Crippen LogP contribution in [0.1, 0.15) is 11.4 Å². The maximum atomic E-state index is 10.3. The Bertz CT molecular complexity index is 569. The number of tetrazole rings is 1. The Morgan fingerprint density at radius 2 is 2.32 bits per heavy atom. The van der Waals surface area contributed by atoms with Crippen molar-refractivity contribution in [1.82, 2.24) is 20.2 Å². The van der Waals surface area contributed by atoms with Crippen LogP contribution in [0, 0.1) is 5.92 Å². The van der Waals surface area contributed by atoms with Crippen molar-refractivity contribution >= 4 is 0 Å². The van der Waals surface area contributed by atoms with Gasteiger partial charge in [-0.3, -0.25) is 0 Å². The minimum atomic E-state index is -0.516. The quantitative estimate of drug-likeness (QED) is 0.863. The minimum absolute atomic E-state index is 0.0682. The molecule has 2 unspecified atom stereocenters. The van der Waals surface area contributed by atoms with Crippen LogP contribution in [0.3, 0.4) is 0 Å². The summed E-state index contributed by atoms with van der Waals surface area (Å²) in [5.74, 6) is 1.55. The zero-order chi connectivity index (χ0) is 13.2. The van der Waals surface area contributed by atoms with E-state index in [1.807, 2.05) is 24.3 Å². The van der Waals surface area contributed by atoms with Crippen molar-refractivity contribution in [2.24, 2.45) is 13.0 Å². The number of hydrogen-bond acceptors (Lipinski definition) is 5. The molecule has 1 aromatic heterocycles. The van der Waals surface area contributed by atoms with E-state index in [9.17, 15) is 5.11 Å². The Hall–Kier alpha value is -1.95. The van der Waals surface area contributed by atoms with Gasteiger partial charge in [-0.25, -0.2) is 0 Å². The number of benzene rings is 1. The SMILES string of the molecule is Cn1nnc(CC(O)C2COc3ccccc3C2)n1. The molecule has 1 aromatic carbocycles. The van der Waals surface area contributed by atoms with Gasteiger partial charge >= 0.3 is 0 Å². The number of aromatic nitrogens is 4. The number of hydrogen-bond donors (Lipinski definition) is 1. The van der Waals surface area contributed by atoms with Crippen LogP contribution in [0.2, 0.25) is 0 Å². The van der Waals surface area contributed by atoms with E-state index >= 15 is 0 Å². The van der Waals surface area contributed by atoms with E-state index in [1.165, 1.54) is 4.80 Å². The molecule has 6 nitrogen and oxygen atoms in total. The van der Waals surface area contributed by atoms with Crippen LogP contribution in [0.25, 0.3) is 0 Å². The molecule has 0 saturated carbocycles. The summed E-state index contributed by atoms with van der Waals surface area (Å²) in [5, 5.41) is 22.0. The summed E-state index contributed by atoms with van der Waals surface area (Å²) in [6.07, 6.45) is 0.708. The Balaban J connectivity index is 1.67. The fourth-order valence-electron chi connectivity index (χ4n) is 2.36. The molecule has 2 aromatic rings. The lowest BCUT2D eigenvalue weighted by Crippen LogP contribution is -2.33. The van der Waals surface area contributed by atoms with Gasteiger partial charge < -0.3 is 9.84 Å². The van der Waals surface area contributed by atoms with E-state index in [0.29, 0.717) is 18.9 Å². The number of aliphatic hydroxyl groups is 1. The molecule has 0 amide bonds. The van der Waals surface area contributed by atoms with Gasteiger partial charge in [0.05, 0.1) is 19.8 Å². The maximum absolute atomic E-state index is 10.3. The number of ether oxygens (including phenoxy) is 1. The first kappa shape index (κ1) is 12.1. The fourth-order valence-corrected chi connectivity index (χ4v) is 2.36. The van der Waals surface area contributed by atoms with Gasteiger partial charge in [0.15, 0.2) is 5.82 Å². The molecule has 3 rings (SSSR count). The van der Waals surface area contributed by atoms with Crippen molar-refractivity contribution in [3.63, 3.8) is 0 Å². The summed E-state index contributed by atoms with van der Waals surface area (Å²) >= 11 is 0. The Morgan fingerprint density at radius 1 is 1.47 bits per heavy atom. The molecule has 0 saturated heterocycles. The van der Waals surface area contributed by atoms with Gasteiger partial charge in [0.1, 0.15) is 5.75 Å². The first-order valence-electron chi connectivity index (χ1n) is 6.34. The molecule has 100 valence electrons. The van der Waals surface area contributed by atoms with Gasteiger partial charge in [0.25, 0.3) is 0 Å². The summed E-state index contributed by atoms with van der Waals surface area (Å²) in [6.45, 7) is 0.526. The molecule has 0 fully saturated rings. The monoisotopic (exact) mass is 260 g/mol. The molecular formula is C13H16N4O2. The molecule has 0 radical (unpaired) electrons. The summed E-state index contributed by atoms with van der Waals surface area (Å²) in [4.78, 5) is 1.40. The normalized spacial score (nSPS) is 19.6. The number of para-hydroxylation sites is 1. The largest absolute Gasteiger partial charge is 0.493 e. The van der Waals surface area contributed by atoms with E-state index in [2.05, 4.69) is 15.4 Å². The Morgan fingerprint density at radius 3 is 3.11 bits per heavy atom. The predicted octanol–water partition coefficient (Wildman–Crippen LogP) is 0.365. The third-order valence-corrected chi connectivity index (χ3v) is 3.39. The molecule has 6 heteroatoms. The molecule has 0 aliphatic carbocycles. The Labute approximate surface area is 111 Å². The number of fused-ring (bicyclic) bond motifs is 1. The third-order valence-electron chi connectivity index (χ3n) is 3.39. The third kappa shape index (κ3) is 2.58. The molecule has 0 spiro atoms. The van der Waals surface area contributed by atoms with Crippen LogP contribution in [0.15, 0.2) is 24.3 Å². The van der Waals surface area contributed by atoms with Gasteiger partial charge in [-0.2, -0.15) is 4.80 Å². The fraction of sp³-hybridized carbons (Fsp3) is 0.462. The number of aliphatic hydroxyl groups excluding tert-OH is 1. The summed E-state index contributed by atoms with van der Waals surface area (Å²) in [5.41, 5.74) is 1.14. The molecule has 2 atom stereocenters. The van der Waals surface area contributed by atoms with Crippen molar-refractivity contribution < 1.29 is 9.84 Å². The predicted molar refractivity (Wildman–Crippen MR) is 67.6 cm³/mol. The molecule has 1 aliphatic heterocycles.